The lowest BCUT2D eigenvalue weighted by Crippen LogP contribution is -1.98. The molecule has 0 saturated heterocycles. The number of carbonyl (C=O) groups is 1. The molecule has 2 aromatic heterocycles. The van der Waals surface area contributed by atoms with E-state index in [9.17, 15) is 4.79 Å². The molecule has 0 aliphatic carbocycles. The third kappa shape index (κ3) is 2.44. The highest BCUT2D eigenvalue weighted by atomic mass is 16.4. The van der Waals surface area contributed by atoms with Gasteiger partial charge >= 0.3 is 5.97 Å². The van der Waals surface area contributed by atoms with Crippen LogP contribution in [-0.4, -0.2) is 26.0 Å². The fourth-order valence-electron chi connectivity index (χ4n) is 1.37. The molecule has 2 N–H and O–H groups in total. The molecule has 5 nitrogen and oxygen atoms in total. The number of nitrogens with one attached hydrogen (secondary N) is 1. The second-order valence-corrected chi connectivity index (χ2v) is 3.35. The molecule has 0 spiro atoms. The molecule has 0 unspecified atom stereocenters. The Bertz CT molecular complexity index is 479. The molecule has 16 heavy (non-hydrogen) atoms. The van der Waals surface area contributed by atoms with E-state index in [0.29, 0.717) is 12.2 Å². The van der Waals surface area contributed by atoms with E-state index in [4.69, 9.17) is 5.11 Å². The summed E-state index contributed by atoms with van der Waals surface area (Å²) >= 11 is 0. The van der Waals surface area contributed by atoms with Crippen LogP contribution in [0.5, 0.6) is 0 Å². The molecular weight excluding hydrogens is 206 g/mol. The number of imidazole rings is 1. The number of nitrogens with zero attached hydrogens (tertiary/aromatic N) is 2. The summed E-state index contributed by atoms with van der Waals surface area (Å²) < 4.78 is 0. The van der Waals surface area contributed by atoms with E-state index in [1.165, 1.54) is 0 Å². The van der Waals surface area contributed by atoms with Gasteiger partial charge in [-0.2, -0.15) is 0 Å². The fraction of sp³-hybridized carbons (Fsp3) is 0.182. The van der Waals surface area contributed by atoms with E-state index in [1.54, 1.807) is 12.4 Å². The lowest BCUT2D eigenvalue weighted by Gasteiger charge is -1.95. The van der Waals surface area contributed by atoms with Crippen molar-refractivity contribution in [1.29, 1.82) is 0 Å². The van der Waals surface area contributed by atoms with Gasteiger partial charge in [0.1, 0.15) is 5.82 Å². The van der Waals surface area contributed by atoms with Crippen LogP contribution in [0.1, 0.15) is 12.2 Å². The number of aromatic nitrogens is 3. The van der Waals surface area contributed by atoms with Crippen molar-refractivity contribution in [2.75, 3.05) is 0 Å². The quantitative estimate of drug-likeness (QED) is 0.813. The standard InChI is InChI=1S/C11H11N3O2/c15-11(16)5-4-10-13-7-9(14-10)8-3-1-2-6-12-8/h1-3,6-7H,4-5H2,(H,13,14)(H,15,16). The van der Waals surface area contributed by atoms with Crippen LogP contribution in [0.4, 0.5) is 0 Å². The Morgan fingerprint density at radius 1 is 1.38 bits per heavy atom. The summed E-state index contributed by atoms with van der Waals surface area (Å²) in [5.41, 5.74) is 1.61. The smallest absolute Gasteiger partial charge is 0.303 e. The molecule has 5 heteroatoms. The summed E-state index contributed by atoms with van der Waals surface area (Å²) in [6.45, 7) is 0. The van der Waals surface area contributed by atoms with Gasteiger partial charge in [0.15, 0.2) is 0 Å². The van der Waals surface area contributed by atoms with E-state index in [-0.39, 0.29) is 6.42 Å². The molecule has 0 aromatic carbocycles. The number of hydrogen-bond acceptors (Lipinski definition) is 3. The summed E-state index contributed by atoms with van der Waals surface area (Å²) in [5, 5.41) is 8.54. The maximum atomic E-state index is 10.4. The summed E-state index contributed by atoms with van der Waals surface area (Å²) in [6, 6.07) is 5.60. The average Bonchev–Trinajstić information content (AvgIpc) is 2.76. The first-order valence-corrected chi connectivity index (χ1v) is 4.93. The maximum absolute atomic E-state index is 10.4. The molecule has 82 valence electrons. The van der Waals surface area contributed by atoms with Crippen LogP contribution < -0.4 is 0 Å². The van der Waals surface area contributed by atoms with Crippen molar-refractivity contribution in [2.24, 2.45) is 0 Å². The molecule has 0 aliphatic heterocycles. The largest absolute Gasteiger partial charge is 0.481 e. The Morgan fingerprint density at radius 2 is 2.25 bits per heavy atom. The summed E-state index contributed by atoms with van der Waals surface area (Å²) in [4.78, 5) is 21.7. The monoisotopic (exact) mass is 217 g/mol. The molecule has 0 fully saturated rings. The fourth-order valence-corrected chi connectivity index (χ4v) is 1.37. The third-order valence-electron chi connectivity index (χ3n) is 2.14. The van der Waals surface area contributed by atoms with Crippen molar-refractivity contribution in [1.82, 2.24) is 15.0 Å². The van der Waals surface area contributed by atoms with E-state index >= 15 is 0 Å². The molecule has 0 amide bonds. The second kappa shape index (κ2) is 4.57. The van der Waals surface area contributed by atoms with Crippen LogP contribution in [0.3, 0.4) is 0 Å². The van der Waals surface area contributed by atoms with E-state index in [0.717, 1.165) is 11.4 Å². The number of H-pyrrole nitrogens is 1. The molecule has 0 bridgehead atoms. The minimum Gasteiger partial charge on any atom is -0.481 e. The highest BCUT2D eigenvalue weighted by molar-refractivity contribution is 5.67. The van der Waals surface area contributed by atoms with E-state index in [2.05, 4.69) is 15.0 Å². The summed E-state index contributed by atoms with van der Waals surface area (Å²) in [7, 11) is 0. The first kappa shape index (κ1) is 10.4. The zero-order chi connectivity index (χ0) is 11.4. The van der Waals surface area contributed by atoms with Crippen molar-refractivity contribution in [2.45, 2.75) is 12.8 Å². The number of carboxylic acid groups (broad SMARTS) is 1. The van der Waals surface area contributed by atoms with Crippen LogP contribution in [0.15, 0.2) is 30.6 Å². The topological polar surface area (TPSA) is 78.9 Å². The number of pyridine rings is 1. The molecule has 2 aromatic rings. The third-order valence-corrected chi connectivity index (χ3v) is 2.14. The second-order valence-electron chi connectivity index (χ2n) is 3.35. The lowest BCUT2D eigenvalue weighted by molar-refractivity contribution is -0.137. The Labute approximate surface area is 92.2 Å². The number of aromatic amines is 1. The van der Waals surface area contributed by atoms with Crippen molar-refractivity contribution >= 4 is 5.97 Å². The highest BCUT2D eigenvalue weighted by Gasteiger charge is 2.05. The maximum Gasteiger partial charge on any atom is 0.303 e. The zero-order valence-electron chi connectivity index (χ0n) is 8.55. The number of rotatable bonds is 4. The molecule has 0 aliphatic rings. The minimum absolute atomic E-state index is 0.0785. The van der Waals surface area contributed by atoms with Gasteiger partial charge in [0.25, 0.3) is 0 Å². The highest BCUT2D eigenvalue weighted by Crippen LogP contribution is 2.13. The average molecular weight is 217 g/mol. The molecule has 0 atom stereocenters. The predicted molar refractivity (Wildman–Crippen MR) is 57.8 cm³/mol. The van der Waals surface area contributed by atoms with Gasteiger partial charge in [0.05, 0.1) is 24.0 Å². The van der Waals surface area contributed by atoms with Gasteiger partial charge in [-0.3, -0.25) is 9.78 Å². The molecule has 2 heterocycles. The van der Waals surface area contributed by atoms with Crippen molar-refractivity contribution < 1.29 is 9.90 Å². The Balaban J connectivity index is 2.11. The molecule has 0 radical (unpaired) electrons. The first-order chi connectivity index (χ1) is 7.75. The Morgan fingerprint density at radius 3 is 2.94 bits per heavy atom. The zero-order valence-corrected chi connectivity index (χ0v) is 8.55. The van der Waals surface area contributed by atoms with E-state index in [1.807, 2.05) is 18.2 Å². The van der Waals surface area contributed by atoms with Gasteiger partial charge in [0.2, 0.25) is 0 Å². The Kier molecular flexibility index (Phi) is 2.95. The van der Waals surface area contributed by atoms with Gasteiger partial charge in [-0.05, 0) is 12.1 Å². The van der Waals surface area contributed by atoms with Gasteiger partial charge < -0.3 is 10.1 Å². The molecule has 0 saturated carbocycles. The van der Waals surface area contributed by atoms with Crippen LogP contribution in [0.25, 0.3) is 11.4 Å². The van der Waals surface area contributed by atoms with Crippen molar-refractivity contribution in [3.63, 3.8) is 0 Å². The summed E-state index contributed by atoms with van der Waals surface area (Å²) in [6.07, 6.45) is 3.85. The number of hydrogen-bond donors (Lipinski definition) is 2. The SMILES string of the molecule is O=C(O)CCc1ncc(-c2ccccn2)[nH]1. The van der Waals surface area contributed by atoms with Crippen LogP contribution in [0, 0.1) is 0 Å². The normalized spacial score (nSPS) is 10.2. The number of aryl methyl sites for hydroxylation is 1. The van der Waals surface area contributed by atoms with E-state index < -0.39 is 5.97 Å². The van der Waals surface area contributed by atoms with Crippen molar-refractivity contribution in [3.05, 3.63) is 36.4 Å². The van der Waals surface area contributed by atoms with Crippen LogP contribution in [-0.2, 0) is 11.2 Å². The summed E-state index contributed by atoms with van der Waals surface area (Å²) in [5.74, 6) is -0.154. The predicted octanol–water partition coefficient (Wildman–Crippen LogP) is 1.49. The van der Waals surface area contributed by atoms with Crippen LogP contribution >= 0.6 is 0 Å². The molecular formula is C11H11N3O2. The van der Waals surface area contributed by atoms with Gasteiger partial charge in [0, 0.05) is 12.6 Å². The van der Waals surface area contributed by atoms with Crippen molar-refractivity contribution in [3.8, 4) is 11.4 Å². The van der Waals surface area contributed by atoms with Gasteiger partial charge in [-0.1, -0.05) is 6.07 Å². The van der Waals surface area contributed by atoms with Crippen LogP contribution in [0.2, 0.25) is 0 Å². The lowest BCUT2D eigenvalue weighted by atomic mass is 10.3. The Hall–Kier alpha value is -2.17. The molecule has 2 rings (SSSR count). The number of carboxylic acids is 1. The number of aliphatic carboxylic acids is 1. The van der Waals surface area contributed by atoms with Gasteiger partial charge in [-0.15, -0.1) is 0 Å². The van der Waals surface area contributed by atoms with Gasteiger partial charge in [-0.25, -0.2) is 4.98 Å². The first-order valence-electron chi connectivity index (χ1n) is 4.93. The minimum atomic E-state index is -0.823.